The van der Waals surface area contributed by atoms with Crippen LogP contribution in [0.1, 0.15) is 20.3 Å². The van der Waals surface area contributed by atoms with Crippen LogP contribution in [0.4, 0.5) is 0 Å². The summed E-state index contributed by atoms with van der Waals surface area (Å²) < 4.78 is 0. The van der Waals surface area contributed by atoms with Gasteiger partial charge in [0.15, 0.2) is 0 Å². The first-order valence-electron chi connectivity index (χ1n) is 5.38. The summed E-state index contributed by atoms with van der Waals surface area (Å²) in [6.45, 7) is 6.23. The predicted molar refractivity (Wildman–Crippen MR) is 57.1 cm³/mol. The van der Waals surface area contributed by atoms with E-state index in [0.717, 1.165) is 6.42 Å². The molecule has 15 heavy (non-hydrogen) atoms. The number of hydrogen-bond donors (Lipinski definition) is 1. The molecule has 0 aromatic heterocycles. The van der Waals surface area contributed by atoms with Gasteiger partial charge in [0.1, 0.15) is 0 Å². The fraction of sp³-hybridized carbons (Fsp3) is 0.800. The van der Waals surface area contributed by atoms with Crippen molar-refractivity contribution in [1.29, 1.82) is 0 Å². The van der Waals surface area contributed by atoms with E-state index < -0.39 is 0 Å². The molecule has 0 aromatic carbocycles. The van der Waals surface area contributed by atoms with E-state index in [1.807, 2.05) is 13.8 Å². The summed E-state index contributed by atoms with van der Waals surface area (Å²) in [4.78, 5) is 26.5. The topological polar surface area (TPSA) is 66.6 Å². The van der Waals surface area contributed by atoms with E-state index in [2.05, 4.69) is 0 Å². The highest BCUT2D eigenvalue weighted by Gasteiger charge is 2.32. The van der Waals surface area contributed by atoms with Crippen LogP contribution < -0.4 is 5.73 Å². The lowest BCUT2D eigenvalue weighted by Gasteiger charge is -2.35. The molecule has 1 fully saturated rings. The van der Waals surface area contributed by atoms with Crippen LogP contribution in [-0.4, -0.2) is 53.8 Å². The van der Waals surface area contributed by atoms with E-state index in [4.69, 9.17) is 5.73 Å². The number of rotatable bonds is 4. The van der Waals surface area contributed by atoms with Gasteiger partial charge >= 0.3 is 11.8 Å². The van der Waals surface area contributed by atoms with Gasteiger partial charge in [-0.1, -0.05) is 0 Å². The van der Waals surface area contributed by atoms with E-state index in [0.29, 0.717) is 26.2 Å². The zero-order valence-corrected chi connectivity index (χ0v) is 9.40. The molecule has 1 rings (SSSR count). The Morgan fingerprint density at radius 1 is 1.27 bits per heavy atom. The van der Waals surface area contributed by atoms with Crippen molar-refractivity contribution in [3.8, 4) is 0 Å². The summed E-state index contributed by atoms with van der Waals surface area (Å²) in [7, 11) is 0. The first kappa shape index (κ1) is 12.0. The number of hydrogen-bond acceptors (Lipinski definition) is 3. The summed E-state index contributed by atoms with van der Waals surface area (Å²) in [5, 5.41) is 0. The molecule has 1 saturated heterocycles. The quantitative estimate of drug-likeness (QED) is 0.635. The second kappa shape index (κ2) is 5.11. The Labute approximate surface area is 90.2 Å². The molecular formula is C10H19N3O2. The van der Waals surface area contributed by atoms with Crippen molar-refractivity contribution in [1.82, 2.24) is 9.80 Å². The molecule has 2 amide bonds. The van der Waals surface area contributed by atoms with Crippen LogP contribution >= 0.6 is 0 Å². The van der Waals surface area contributed by atoms with E-state index >= 15 is 0 Å². The average molecular weight is 213 g/mol. The smallest absolute Gasteiger partial charge is 0.312 e. The van der Waals surface area contributed by atoms with Crippen molar-refractivity contribution < 1.29 is 9.59 Å². The van der Waals surface area contributed by atoms with Crippen molar-refractivity contribution in [2.75, 3.05) is 26.2 Å². The van der Waals surface area contributed by atoms with E-state index in [1.165, 1.54) is 0 Å². The molecule has 1 aliphatic rings. The Kier molecular flexibility index (Phi) is 4.08. The molecule has 0 saturated carbocycles. The van der Waals surface area contributed by atoms with Gasteiger partial charge < -0.3 is 15.5 Å². The van der Waals surface area contributed by atoms with Gasteiger partial charge in [0.05, 0.1) is 0 Å². The summed E-state index contributed by atoms with van der Waals surface area (Å²) in [5.41, 5.74) is 5.37. The van der Waals surface area contributed by atoms with E-state index in [-0.39, 0.29) is 17.9 Å². The van der Waals surface area contributed by atoms with Gasteiger partial charge in [-0.2, -0.15) is 0 Å². The molecule has 1 heterocycles. The third-order valence-corrected chi connectivity index (χ3v) is 2.60. The highest BCUT2D eigenvalue weighted by Crippen LogP contribution is 2.08. The third-order valence-electron chi connectivity index (χ3n) is 2.60. The lowest BCUT2D eigenvalue weighted by Crippen LogP contribution is -2.56. The fourth-order valence-corrected chi connectivity index (χ4v) is 1.68. The lowest BCUT2D eigenvalue weighted by molar-refractivity contribution is -0.157. The number of nitrogens with zero attached hydrogens (tertiary/aromatic N) is 2. The predicted octanol–water partition coefficient (Wildman–Crippen LogP) is -0.586. The Bertz CT molecular complexity index is 253. The summed E-state index contributed by atoms with van der Waals surface area (Å²) in [6, 6.07) is 0.0955. The minimum atomic E-state index is -0.386. The van der Waals surface area contributed by atoms with Crippen LogP contribution in [0.25, 0.3) is 0 Å². The molecule has 0 aliphatic carbocycles. The Morgan fingerprint density at radius 2 is 1.93 bits per heavy atom. The molecule has 1 aliphatic heterocycles. The fourth-order valence-electron chi connectivity index (χ4n) is 1.68. The highest BCUT2D eigenvalue weighted by molar-refractivity contribution is 6.35. The van der Waals surface area contributed by atoms with Gasteiger partial charge in [-0.15, -0.1) is 0 Å². The maximum Gasteiger partial charge on any atom is 0.312 e. The van der Waals surface area contributed by atoms with Gasteiger partial charge in [-0.3, -0.25) is 9.59 Å². The minimum absolute atomic E-state index is 0.0955. The maximum absolute atomic E-state index is 11.6. The zero-order valence-electron chi connectivity index (χ0n) is 9.40. The molecule has 86 valence electrons. The Hall–Kier alpha value is -1.10. The Balaban J connectivity index is 2.57. The first-order chi connectivity index (χ1) is 7.07. The van der Waals surface area contributed by atoms with Gasteiger partial charge in [0.25, 0.3) is 0 Å². The molecule has 0 radical (unpaired) electrons. The van der Waals surface area contributed by atoms with E-state index in [9.17, 15) is 9.59 Å². The largest absolute Gasteiger partial charge is 0.333 e. The van der Waals surface area contributed by atoms with Crippen LogP contribution in [0.5, 0.6) is 0 Å². The number of carbonyl (C=O) groups excluding carboxylic acids is 2. The van der Waals surface area contributed by atoms with Crippen molar-refractivity contribution in [3.05, 3.63) is 0 Å². The molecule has 0 bridgehead atoms. The molecule has 0 aromatic rings. The summed E-state index contributed by atoms with van der Waals surface area (Å²) >= 11 is 0. The van der Waals surface area contributed by atoms with Gasteiger partial charge in [-0.05, 0) is 26.8 Å². The van der Waals surface area contributed by atoms with Crippen molar-refractivity contribution in [2.24, 2.45) is 5.73 Å². The van der Waals surface area contributed by atoms with Crippen LogP contribution in [0.3, 0.4) is 0 Å². The Morgan fingerprint density at radius 3 is 2.47 bits per heavy atom. The molecule has 0 atom stereocenters. The third kappa shape index (κ3) is 2.68. The van der Waals surface area contributed by atoms with Gasteiger partial charge in [-0.25, -0.2) is 0 Å². The van der Waals surface area contributed by atoms with Crippen LogP contribution in [0.15, 0.2) is 0 Å². The SMILES string of the molecule is CC(C)N1CCN(CCCN)C(=O)C1=O. The number of carbonyl (C=O) groups is 2. The summed E-state index contributed by atoms with van der Waals surface area (Å²) in [5.74, 6) is -0.767. The van der Waals surface area contributed by atoms with Crippen molar-refractivity contribution >= 4 is 11.8 Å². The first-order valence-corrected chi connectivity index (χ1v) is 5.38. The van der Waals surface area contributed by atoms with Crippen LogP contribution in [0, 0.1) is 0 Å². The normalized spacial score (nSPS) is 17.9. The van der Waals surface area contributed by atoms with Gasteiger partial charge in [0.2, 0.25) is 0 Å². The second-order valence-corrected chi connectivity index (χ2v) is 4.03. The molecule has 5 heteroatoms. The minimum Gasteiger partial charge on any atom is -0.333 e. The molecule has 0 unspecified atom stereocenters. The van der Waals surface area contributed by atoms with Crippen LogP contribution in [0.2, 0.25) is 0 Å². The number of nitrogens with two attached hydrogens (primary N) is 1. The molecule has 2 N–H and O–H groups in total. The van der Waals surface area contributed by atoms with Gasteiger partial charge in [0, 0.05) is 25.7 Å². The lowest BCUT2D eigenvalue weighted by atomic mass is 10.2. The monoisotopic (exact) mass is 213 g/mol. The standard InChI is InChI=1S/C10H19N3O2/c1-8(2)13-7-6-12(5-3-4-11)9(14)10(13)15/h8H,3-7,11H2,1-2H3. The molecular weight excluding hydrogens is 194 g/mol. The average Bonchev–Trinajstić information content (AvgIpc) is 2.20. The van der Waals surface area contributed by atoms with Crippen molar-refractivity contribution in [2.45, 2.75) is 26.3 Å². The molecule has 5 nitrogen and oxygen atoms in total. The maximum atomic E-state index is 11.6. The van der Waals surface area contributed by atoms with Crippen LogP contribution in [-0.2, 0) is 9.59 Å². The van der Waals surface area contributed by atoms with E-state index in [1.54, 1.807) is 9.80 Å². The number of amides is 2. The zero-order chi connectivity index (χ0) is 11.4. The van der Waals surface area contributed by atoms with Crippen molar-refractivity contribution in [3.63, 3.8) is 0 Å². The number of piperazine rings is 1. The summed E-state index contributed by atoms with van der Waals surface area (Å²) in [6.07, 6.45) is 0.751. The highest BCUT2D eigenvalue weighted by atomic mass is 16.2. The molecule has 0 spiro atoms. The second-order valence-electron chi connectivity index (χ2n) is 4.03.